The van der Waals surface area contributed by atoms with E-state index in [0.717, 1.165) is 6.54 Å². The molecule has 0 aliphatic heterocycles. The molecule has 1 aliphatic rings. The van der Waals surface area contributed by atoms with Gasteiger partial charge in [-0.2, -0.15) is 0 Å². The van der Waals surface area contributed by atoms with E-state index in [4.69, 9.17) is 11.5 Å². The first-order valence-corrected chi connectivity index (χ1v) is 4.35. The fourth-order valence-electron chi connectivity index (χ4n) is 1.99. The Morgan fingerprint density at radius 1 is 1.17 bits per heavy atom. The van der Waals surface area contributed by atoms with Crippen molar-refractivity contribution in [3.05, 3.63) is 0 Å². The maximum absolute atomic E-state index is 5.27. The van der Waals surface area contributed by atoms with Crippen molar-refractivity contribution >= 4 is 5.96 Å². The lowest BCUT2D eigenvalue weighted by atomic mass is 10.0. The fraction of sp³-hybridized carbons (Fsp3) is 0.889. The molecule has 3 nitrogen and oxygen atoms in total. The topological polar surface area (TPSA) is 64.4 Å². The standard InChI is InChI=1S/C9H19N3/c1-8(2)6(9(8,3)4)5-12-7(10)11/h6H,5H2,1-4H3,(H4,10,11,12). The van der Waals surface area contributed by atoms with Gasteiger partial charge in [-0.05, 0) is 16.7 Å². The summed E-state index contributed by atoms with van der Waals surface area (Å²) in [5.74, 6) is 0.820. The largest absolute Gasteiger partial charge is 0.370 e. The molecule has 1 aliphatic carbocycles. The molecule has 0 unspecified atom stereocenters. The highest BCUT2D eigenvalue weighted by Crippen LogP contribution is 2.68. The summed E-state index contributed by atoms with van der Waals surface area (Å²) < 4.78 is 0. The lowest BCUT2D eigenvalue weighted by Crippen LogP contribution is -2.23. The van der Waals surface area contributed by atoms with E-state index in [0.29, 0.717) is 16.7 Å². The van der Waals surface area contributed by atoms with Crippen LogP contribution < -0.4 is 11.5 Å². The molecule has 1 fully saturated rings. The van der Waals surface area contributed by atoms with Crippen molar-refractivity contribution < 1.29 is 0 Å². The van der Waals surface area contributed by atoms with Crippen molar-refractivity contribution in [2.24, 2.45) is 33.2 Å². The van der Waals surface area contributed by atoms with Crippen LogP contribution in [0.1, 0.15) is 27.7 Å². The second-order valence-corrected chi connectivity index (χ2v) is 4.76. The van der Waals surface area contributed by atoms with Crippen molar-refractivity contribution in [3.8, 4) is 0 Å². The van der Waals surface area contributed by atoms with Crippen LogP contribution in [0.15, 0.2) is 4.99 Å². The van der Waals surface area contributed by atoms with E-state index in [9.17, 15) is 0 Å². The first-order valence-electron chi connectivity index (χ1n) is 4.35. The van der Waals surface area contributed by atoms with Crippen LogP contribution in [-0.2, 0) is 0 Å². The fourth-order valence-corrected chi connectivity index (χ4v) is 1.99. The average Bonchev–Trinajstić information content (AvgIpc) is 2.21. The molecule has 1 saturated carbocycles. The van der Waals surface area contributed by atoms with E-state index in [-0.39, 0.29) is 5.96 Å². The molecule has 0 saturated heterocycles. The van der Waals surface area contributed by atoms with E-state index >= 15 is 0 Å². The Morgan fingerprint density at radius 2 is 1.58 bits per heavy atom. The summed E-state index contributed by atoms with van der Waals surface area (Å²) in [6, 6.07) is 0. The average molecular weight is 169 g/mol. The number of nitrogens with zero attached hydrogens (tertiary/aromatic N) is 1. The Labute approximate surface area is 74.2 Å². The van der Waals surface area contributed by atoms with Crippen LogP contribution in [0.5, 0.6) is 0 Å². The Morgan fingerprint density at radius 3 is 1.83 bits per heavy atom. The second-order valence-electron chi connectivity index (χ2n) is 4.76. The molecule has 0 bridgehead atoms. The first-order chi connectivity index (χ1) is 5.30. The van der Waals surface area contributed by atoms with Crippen LogP contribution in [0.25, 0.3) is 0 Å². The van der Waals surface area contributed by atoms with E-state index in [1.807, 2.05) is 0 Å². The highest BCUT2D eigenvalue weighted by molar-refractivity contribution is 5.75. The molecular weight excluding hydrogens is 150 g/mol. The summed E-state index contributed by atoms with van der Waals surface area (Å²) in [4.78, 5) is 4.05. The minimum atomic E-state index is 0.202. The Balaban J connectivity index is 2.55. The quantitative estimate of drug-likeness (QED) is 0.477. The predicted octanol–water partition coefficient (Wildman–Crippen LogP) is 0.942. The summed E-state index contributed by atoms with van der Waals surface area (Å²) in [5.41, 5.74) is 11.3. The van der Waals surface area contributed by atoms with Crippen LogP contribution in [-0.4, -0.2) is 12.5 Å². The van der Waals surface area contributed by atoms with Crippen LogP contribution in [0.3, 0.4) is 0 Å². The summed E-state index contributed by atoms with van der Waals surface area (Å²) in [6.45, 7) is 9.82. The minimum Gasteiger partial charge on any atom is -0.370 e. The zero-order valence-electron chi connectivity index (χ0n) is 8.39. The van der Waals surface area contributed by atoms with Gasteiger partial charge in [0.25, 0.3) is 0 Å². The van der Waals surface area contributed by atoms with Crippen LogP contribution in [0.4, 0.5) is 0 Å². The van der Waals surface area contributed by atoms with Gasteiger partial charge in [-0.15, -0.1) is 0 Å². The molecule has 0 radical (unpaired) electrons. The van der Waals surface area contributed by atoms with E-state index < -0.39 is 0 Å². The highest BCUT2D eigenvalue weighted by Gasteiger charge is 2.64. The van der Waals surface area contributed by atoms with Gasteiger partial charge in [0.05, 0.1) is 0 Å². The van der Waals surface area contributed by atoms with Crippen molar-refractivity contribution in [1.82, 2.24) is 0 Å². The van der Waals surface area contributed by atoms with Crippen LogP contribution in [0, 0.1) is 16.7 Å². The van der Waals surface area contributed by atoms with E-state index in [1.54, 1.807) is 0 Å². The molecule has 0 spiro atoms. The molecule has 0 heterocycles. The lowest BCUT2D eigenvalue weighted by molar-refractivity contribution is 0.457. The molecule has 4 N–H and O–H groups in total. The van der Waals surface area contributed by atoms with Crippen molar-refractivity contribution in [2.75, 3.05) is 6.54 Å². The third kappa shape index (κ3) is 1.17. The zero-order chi connectivity index (χ0) is 9.57. The van der Waals surface area contributed by atoms with Crippen LogP contribution >= 0.6 is 0 Å². The van der Waals surface area contributed by atoms with Gasteiger partial charge in [-0.3, -0.25) is 4.99 Å². The van der Waals surface area contributed by atoms with Gasteiger partial charge in [0, 0.05) is 6.54 Å². The molecule has 0 amide bonds. The molecular formula is C9H19N3. The van der Waals surface area contributed by atoms with Gasteiger partial charge in [0.2, 0.25) is 0 Å². The molecule has 12 heavy (non-hydrogen) atoms. The molecule has 0 aromatic rings. The number of aliphatic imine (C=N–C) groups is 1. The Kier molecular flexibility index (Phi) is 1.85. The maximum Gasteiger partial charge on any atom is 0.185 e. The number of hydrogen-bond acceptors (Lipinski definition) is 1. The monoisotopic (exact) mass is 169 g/mol. The van der Waals surface area contributed by atoms with Crippen molar-refractivity contribution in [1.29, 1.82) is 0 Å². The van der Waals surface area contributed by atoms with Gasteiger partial charge in [-0.1, -0.05) is 27.7 Å². The number of hydrogen-bond donors (Lipinski definition) is 2. The Hall–Kier alpha value is -0.730. The van der Waals surface area contributed by atoms with Crippen molar-refractivity contribution in [2.45, 2.75) is 27.7 Å². The van der Waals surface area contributed by atoms with Gasteiger partial charge in [-0.25, -0.2) is 0 Å². The molecule has 1 rings (SSSR count). The lowest BCUT2D eigenvalue weighted by Gasteiger charge is -2.04. The predicted molar refractivity (Wildman–Crippen MR) is 51.7 cm³/mol. The zero-order valence-corrected chi connectivity index (χ0v) is 8.39. The van der Waals surface area contributed by atoms with E-state index in [1.165, 1.54) is 0 Å². The SMILES string of the molecule is CC1(C)C(CN=C(N)N)C1(C)C. The van der Waals surface area contributed by atoms with Gasteiger partial charge >= 0.3 is 0 Å². The Bertz CT molecular complexity index is 198. The van der Waals surface area contributed by atoms with E-state index in [2.05, 4.69) is 32.7 Å². The smallest absolute Gasteiger partial charge is 0.185 e. The summed E-state index contributed by atoms with van der Waals surface area (Å²) in [5, 5.41) is 0. The third-order valence-electron chi connectivity index (χ3n) is 3.78. The maximum atomic E-state index is 5.27. The highest BCUT2D eigenvalue weighted by atomic mass is 15.0. The first kappa shape index (κ1) is 9.36. The van der Waals surface area contributed by atoms with Gasteiger partial charge < -0.3 is 11.5 Å². The number of rotatable bonds is 2. The summed E-state index contributed by atoms with van der Waals surface area (Å²) in [6.07, 6.45) is 0. The van der Waals surface area contributed by atoms with Crippen LogP contribution in [0.2, 0.25) is 0 Å². The molecule has 0 aromatic heterocycles. The van der Waals surface area contributed by atoms with Gasteiger partial charge in [0.1, 0.15) is 0 Å². The molecule has 3 heteroatoms. The molecule has 0 atom stereocenters. The van der Waals surface area contributed by atoms with Gasteiger partial charge in [0.15, 0.2) is 5.96 Å². The summed E-state index contributed by atoms with van der Waals surface area (Å²) in [7, 11) is 0. The van der Waals surface area contributed by atoms with Crippen molar-refractivity contribution in [3.63, 3.8) is 0 Å². The second kappa shape index (κ2) is 2.38. The minimum absolute atomic E-state index is 0.202. The summed E-state index contributed by atoms with van der Waals surface area (Å²) >= 11 is 0. The normalized spacial score (nSPS) is 25.0. The number of guanidine groups is 1. The number of nitrogens with two attached hydrogens (primary N) is 2. The molecule has 0 aromatic carbocycles. The molecule has 70 valence electrons. The third-order valence-corrected chi connectivity index (χ3v) is 3.78.